The molecule has 0 aliphatic carbocycles. The van der Waals surface area contributed by atoms with Crippen LogP contribution in [0.2, 0.25) is 0 Å². The summed E-state index contributed by atoms with van der Waals surface area (Å²) in [6.45, 7) is 6.36. The van der Waals surface area contributed by atoms with Crippen LogP contribution in [-0.4, -0.2) is 55.0 Å². The molecule has 18 heteroatoms. The quantitative estimate of drug-likeness (QED) is 0.0681. The summed E-state index contributed by atoms with van der Waals surface area (Å²) in [5.74, 6) is -1.37. The molecule has 274 valence electrons. The Balaban J connectivity index is 1.38. The summed E-state index contributed by atoms with van der Waals surface area (Å²) >= 11 is 2.51. The number of hydrogen-bond acceptors (Lipinski definition) is 14. The highest BCUT2D eigenvalue weighted by Gasteiger charge is 2.15. The van der Waals surface area contributed by atoms with Crippen molar-refractivity contribution in [2.24, 2.45) is 10.2 Å². The number of thiazole rings is 2. The van der Waals surface area contributed by atoms with Gasteiger partial charge in [-0.3, -0.25) is 50.8 Å². The highest BCUT2D eigenvalue weighted by atomic mass is 32.1. The Morgan fingerprint density at radius 1 is 0.593 bits per heavy atom. The predicted octanol–water partition coefficient (Wildman–Crippen LogP) is 4.63. The van der Waals surface area contributed by atoms with Crippen LogP contribution in [0.4, 0.5) is 10.3 Å². The lowest BCUT2D eigenvalue weighted by molar-refractivity contribution is -0.119. The van der Waals surface area contributed by atoms with Gasteiger partial charge in [0, 0.05) is 49.8 Å². The number of pyridine rings is 2. The van der Waals surface area contributed by atoms with Gasteiger partial charge < -0.3 is 0 Å². The van der Waals surface area contributed by atoms with Gasteiger partial charge in [0.25, 0.3) is 11.8 Å². The number of benzene rings is 1. The van der Waals surface area contributed by atoms with Gasteiger partial charge in [-0.25, -0.2) is 20.8 Å². The van der Waals surface area contributed by atoms with Crippen molar-refractivity contribution in [1.82, 2.24) is 41.6 Å². The predicted molar refractivity (Wildman–Crippen MR) is 210 cm³/mol. The third-order valence-corrected chi connectivity index (χ3v) is 9.18. The molecule has 4 amide bonds. The van der Waals surface area contributed by atoms with Crippen molar-refractivity contribution in [2.45, 2.75) is 27.7 Å². The van der Waals surface area contributed by atoms with E-state index in [1.54, 1.807) is 50.3 Å². The lowest BCUT2D eigenvalue weighted by Crippen LogP contribution is -2.26. The molecular weight excluding hydrogens is 729 g/mol. The van der Waals surface area contributed by atoms with Crippen molar-refractivity contribution < 1.29 is 19.2 Å². The van der Waals surface area contributed by atoms with Crippen LogP contribution in [0.1, 0.15) is 66.8 Å². The highest BCUT2D eigenvalue weighted by molar-refractivity contribution is 7.18. The molecule has 0 bridgehead atoms. The number of amides is 4. The normalized spacial score (nSPS) is 11.7. The SMILES string of the molecule is CC(=O)NNc1nc(C)c(C(/C=C\c2ccc(/C=C/C(=N/NC(=O)c3ccncc3)c3sc(NNC(C)=O)nc3C)cc2)=N\NC(=O)c2ccncc2)s1. The minimum Gasteiger partial charge on any atom is -0.274 e. The average Bonchev–Trinajstić information content (AvgIpc) is 3.74. The Hall–Kier alpha value is -6.92. The highest BCUT2D eigenvalue weighted by Crippen LogP contribution is 2.25. The molecule has 0 fully saturated rings. The number of hydrazine groups is 2. The summed E-state index contributed by atoms with van der Waals surface area (Å²) in [5.41, 5.74) is 20.4. The third-order valence-electron chi connectivity index (χ3n) is 6.99. The van der Waals surface area contributed by atoms with E-state index in [0.29, 0.717) is 54.0 Å². The molecule has 0 unspecified atom stereocenters. The standard InChI is InChI=1S/C36H34N12O4S2/c1-21-31(53-35(39-21)47-41-23(3)49)29(43-45-33(51)27-13-17-37-18-14-27)11-9-25-5-7-26(8-6-25)10-12-30(44-46-34(52)28-15-19-38-20-16-28)32-22(2)40-36(54-32)48-42-24(4)50/h5-20H,1-4H3,(H,39,47)(H,40,48)(H,41,49)(H,42,50)(H,45,51)(H,46,52)/b11-9-,12-10+,43-29-,44-30-. The number of rotatable bonds is 14. The van der Waals surface area contributed by atoms with Gasteiger partial charge in [-0.15, -0.1) is 0 Å². The Bertz CT molecular complexity index is 2090. The molecule has 0 aliphatic heterocycles. The zero-order valence-corrected chi connectivity index (χ0v) is 31.0. The number of allylic oxidation sites excluding steroid dienone is 2. The van der Waals surface area contributed by atoms with Crippen LogP contribution in [0.15, 0.2) is 95.7 Å². The van der Waals surface area contributed by atoms with Crippen LogP contribution in [0, 0.1) is 13.8 Å². The molecule has 5 rings (SSSR count). The number of hydrogen-bond donors (Lipinski definition) is 6. The van der Waals surface area contributed by atoms with Gasteiger partial charge in [0.15, 0.2) is 0 Å². The van der Waals surface area contributed by atoms with Gasteiger partial charge in [0.1, 0.15) is 11.4 Å². The number of aryl methyl sites for hydroxylation is 2. The van der Waals surface area contributed by atoms with E-state index in [0.717, 1.165) is 11.1 Å². The minimum absolute atomic E-state index is 0.277. The Morgan fingerprint density at radius 2 is 0.963 bits per heavy atom. The molecule has 0 saturated heterocycles. The molecule has 0 spiro atoms. The van der Waals surface area contributed by atoms with Crippen molar-refractivity contribution in [3.05, 3.63) is 129 Å². The number of aromatic nitrogens is 4. The number of carbonyl (C=O) groups excluding carboxylic acids is 4. The molecule has 4 heterocycles. The van der Waals surface area contributed by atoms with Crippen LogP contribution in [0.3, 0.4) is 0 Å². The largest absolute Gasteiger partial charge is 0.274 e. The molecule has 0 aliphatic rings. The van der Waals surface area contributed by atoms with Crippen molar-refractivity contribution in [3.63, 3.8) is 0 Å². The van der Waals surface area contributed by atoms with E-state index in [4.69, 9.17) is 0 Å². The second kappa shape index (κ2) is 18.5. The summed E-state index contributed by atoms with van der Waals surface area (Å²) in [7, 11) is 0. The summed E-state index contributed by atoms with van der Waals surface area (Å²) in [6.07, 6.45) is 13.3. The van der Waals surface area contributed by atoms with E-state index >= 15 is 0 Å². The fourth-order valence-corrected chi connectivity index (χ4v) is 6.19. The number of nitrogens with one attached hydrogen (secondary N) is 6. The van der Waals surface area contributed by atoms with Gasteiger partial charge in [-0.05, 0) is 61.4 Å². The first kappa shape index (κ1) is 38.3. The average molecular weight is 763 g/mol. The van der Waals surface area contributed by atoms with Gasteiger partial charge in [-0.1, -0.05) is 59.1 Å². The summed E-state index contributed by atoms with van der Waals surface area (Å²) in [6, 6.07) is 13.9. The molecule has 0 saturated carbocycles. The zero-order chi connectivity index (χ0) is 38.5. The van der Waals surface area contributed by atoms with E-state index in [1.165, 1.54) is 61.3 Å². The molecule has 0 atom stereocenters. The van der Waals surface area contributed by atoms with Crippen LogP contribution in [-0.2, 0) is 9.59 Å². The van der Waals surface area contributed by atoms with Crippen molar-refractivity contribution in [2.75, 3.05) is 10.9 Å². The number of carbonyl (C=O) groups is 4. The lowest BCUT2D eigenvalue weighted by atomic mass is 10.1. The van der Waals surface area contributed by atoms with E-state index in [2.05, 4.69) is 62.7 Å². The molecule has 1 aromatic carbocycles. The van der Waals surface area contributed by atoms with E-state index < -0.39 is 11.8 Å². The Morgan fingerprint density at radius 3 is 1.31 bits per heavy atom. The third kappa shape index (κ3) is 11.0. The van der Waals surface area contributed by atoms with Crippen LogP contribution in [0.25, 0.3) is 12.2 Å². The number of hydrazone groups is 2. The monoisotopic (exact) mass is 762 g/mol. The Labute approximate surface area is 317 Å². The van der Waals surface area contributed by atoms with Crippen molar-refractivity contribution >= 4 is 80.1 Å². The Kier molecular flexibility index (Phi) is 13.2. The minimum atomic E-state index is -0.410. The summed E-state index contributed by atoms with van der Waals surface area (Å²) in [5, 5.41) is 9.71. The maximum Gasteiger partial charge on any atom is 0.271 e. The summed E-state index contributed by atoms with van der Waals surface area (Å²) < 4.78 is 0. The van der Waals surface area contributed by atoms with Crippen molar-refractivity contribution in [3.8, 4) is 0 Å². The zero-order valence-electron chi connectivity index (χ0n) is 29.4. The smallest absolute Gasteiger partial charge is 0.271 e. The van der Waals surface area contributed by atoms with Crippen molar-refractivity contribution in [1.29, 1.82) is 0 Å². The van der Waals surface area contributed by atoms with Gasteiger partial charge in [0.2, 0.25) is 22.1 Å². The van der Waals surface area contributed by atoms with Crippen LogP contribution in [0.5, 0.6) is 0 Å². The fourth-order valence-electron chi connectivity index (χ4n) is 4.41. The second-order valence-electron chi connectivity index (χ2n) is 11.2. The number of nitrogens with zero attached hydrogens (tertiary/aromatic N) is 6. The molecule has 16 nitrogen and oxygen atoms in total. The maximum atomic E-state index is 12.8. The van der Waals surface area contributed by atoms with Crippen LogP contribution >= 0.6 is 22.7 Å². The molecule has 54 heavy (non-hydrogen) atoms. The lowest BCUT2D eigenvalue weighted by Gasteiger charge is -2.04. The fraction of sp³-hybridized carbons (Fsp3) is 0.111. The van der Waals surface area contributed by atoms with Crippen LogP contribution < -0.4 is 32.6 Å². The molecule has 6 N–H and O–H groups in total. The molecule has 0 radical (unpaired) electrons. The van der Waals surface area contributed by atoms with E-state index in [-0.39, 0.29) is 11.8 Å². The number of anilines is 2. The molecule has 4 aromatic heterocycles. The first-order chi connectivity index (χ1) is 26.0. The van der Waals surface area contributed by atoms with E-state index in [9.17, 15) is 19.2 Å². The van der Waals surface area contributed by atoms with Gasteiger partial charge >= 0.3 is 0 Å². The molecule has 5 aromatic rings. The molecular formula is C36H34N12O4S2. The summed E-state index contributed by atoms with van der Waals surface area (Å²) in [4.78, 5) is 66.5. The maximum absolute atomic E-state index is 12.8. The topological polar surface area (TPSA) is 217 Å². The second-order valence-corrected chi connectivity index (χ2v) is 13.2. The van der Waals surface area contributed by atoms with E-state index in [1.807, 2.05) is 36.4 Å². The first-order valence-electron chi connectivity index (χ1n) is 16.1. The first-order valence-corrected chi connectivity index (χ1v) is 17.7. The van der Waals surface area contributed by atoms with Gasteiger partial charge in [-0.2, -0.15) is 10.2 Å². The van der Waals surface area contributed by atoms with Gasteiger partial charge in [0.05, 0.1) is 21.1 Å².